The zero-order chi connectivity index (χ0) is 30.5. The fourth-order valence-electron chi connectivity index (χ4n) is 6.68. The molecule has 1 atom stereocenters. The van der Waals surface area contributed by atoms with Gasteiger partial charge in [0.1, 0.15) is 5.75 Å². The number of benzene rings is 2. The van der Waals surface area contributed by atoms with E-state index in [4.69, 9.17) is 0 Å². The van der Waals surface area contributed by atoms with Crippen molar-refractivity contribution in [3.8, 4) is 5.75 Å². The van der Waals surface area contributed by atoms with Crippen molar-refractivity contribution in [3.63, 3.8) is 0 Å². The number of rotatable bonds is 7. The Morgan fingerprint density at radius 2 is 1.74 bits per heavy atom. The van der Waals surface area contributed by atoms with Crippen molar-refractivity contribution >= 4 is 5.57 Å². The van der Waals surface area contributed by atoms with E-state index in [2.05, 4.69) is 86.0 Å². The molecule has 4 nitrogen and oxygen atoms in total. The number of phenolic OH excluding ortho intramolecular Hbond substituents is 1. The average molecular weight is 576 g/mol. The Hall–Kier alpha value is -3.76. The van der Waals surface area contributed by atoms with E-state index >= 15 is 0 Å². The summed E-state index contributed by atoms with van der Waals surface area (Å²) in [6.45, 7) is 21.4. The normalized spacial score (nSPS) is 21.7. The van der Waals surface area contributed by atoms with Gasteiger partial charge in [-0.15, -0.1) is 0 Å². The number of allylic oxidation sites excluding steroid dienone is 3. The minimum Gasteiger partial charge on any atom is -0.507 e. The second kappa shape index (κ2) is 13.7. The maximum Gasteiger partial charge on any atom is 0.123 e. The Labute approximate surface area is 259 Å². The second-order valence-electron chi connectivity index (χ2n) is 12.7. The lowest BCUT2D eigenvalue weighted by Gasteiger charge is -2.31. The minimum absolute atomic E-state index is 0.310. The summed E-state index contributed by atoms with van der Waals surface area (Å²) in [6, 6.07) is 14.7. The maximum atomic E-state index is 10.7. The number of fused-ring (bicyclic) bond motifs is 1. The molecule has 0 bridgehead atoms. The third-order valence-electron chi connectivity index (χ3n) is 9.33. The number of piperidine rings is 1. The molecule has 1 saturated carbocycles. The molecule has 2 aromatic carbocycles. The standard InChI is InChI=1S/C34H39N3O.C5H10/c1-21-10-8-14-33(38)34(21)22(2)16-32(28-13-9-15-35-20-28)31-19-30(23(3)36-25(31)5)24(4)37-29-17-26-11-6-7-12-27(26)18-29;1-2-5-3-4-5/h6-8,10-12,14,16,19,28-29,35-38H,3-5,9,13,15,17-18,20H2,1-2H3;5H,2-4H2,1H3/b22-16+,32-31+;. The van der Waals surface area contributed by atoms with Gasteiger partial charge in [0.2, 0.25) is 0 Å². The van der Waals surface area contributed by atoms with Crippen LogP contribution in [0.2, 0.25) is 0 Å². The third kappa shape index (κ3) is 7.43. The molecule has 1 saturated heterocycles. The summed E-state index contributed by atoms with van der Waals surface area (Å²) in [6.07, 6.45) is 13.1. The number of aromatic hydroxyl groups is 1. The number of aryl methyl sites for hydroxylation is 1. The van der Waals surface area contributed by atoms with Crippen molar-refractivity contribution in [1.82, 2.24) is 16.0 Å². The van der Waals surface area contributed by atoms with Crippen LogP contribution in [0.3, 0.4) is 0 Å². The minimum atomic E-state index is 0.310. The lowest BCUT2D eigenvalue weighted by Crippen LogP contribution is -2.33. The first-order chi connectivity index (χ1) is 20.7. The first kappa shape index (κ1) is 30.7. The van der Waals surface area contributed by atoms with Gasteiger partial charge >= 0.3 is 0 Å². The highest BCUT2D eigenvalue weighted by molar-refractivity contribution is 5.75. The Morgan fingerprint density at radius 1 is 1.02 bits per heavy atom. The van der Waals surface area contributed by atoms with Gasteiger partial charge in [0.25, 0.3) is 0 Å². The van der Waals surface area contributed by atoms with Gasteiger partial charge in [-0.25, -0.2) is 0 Å². The van der Waals surface area contributed by atoms with Crippen molar-refractivity contribution in [2.75, 3.05) is 13.1 Å². The molecule has 4 aliphatic rings. The smallest absolute Gasteiger partial charge is 0.123 e. The van der Waals surface area contributed by atoms with E-state index in [-0.39, 0.29) is 0 Å². The predicted molar refractivity (Wildman–Crippen MR) is 182 cm³/mol. The third-order valence-corrected chi connectivity index (χ3v) is 9.33. The first-order valence-corrected chi connectivity index (χ1v) is 16.1. The summed E-state index contributed by atoms with van der Waals surface area (Å²) in [5.74, 6) is 1.79. The molecule has 0 amide bonds. The number of nitrogens with one attached hydrogen (secondary N) is 3. The fraction of sp³-hybridized carbons (Fsp3) is 0.385. The molecule has 0 spiro atoms. The summed E-state index contributed by atoms with van der Waals surface area (Å²) >= 11 is 0. The highest BCUT2D eigenvalue weighted by atomic mass is 16.3. The van der Waals surface area contributed by atoms with Crippen molar-refractivity contribution in [2.45, 2.75) is 71.8 Å². The van der Waals surface area contributed by atoms with Gasteiger partial charge in [0, 0.05) is 46.4 Å². The van der Waals surface area contributed by atoms with Crippen LogP contribution >= 0.6 is 0 Å². The van der Waals surface area contributed by atoms with Gasteiger partial charge < -0.3 is 21.1 Å². The highest BCUT2D eigenvalue weighted by Gasteiger charge is 2.27. The van der Waals surface area contributed by atoms with Crippen LogP contribution in [0, 0.1) is 18.8 Å². The van der Waals surface area contributed by atoms with Crippen molar-refractivity contribution in [3.05, 3.63) is 130 Å². The summed E-state index contributed by atoms with van der Waals surface area (Å²) in [7, 11) is 0. The monoisotopic (exact) mass is 575 g/mol. The van der Waals surface area contributed by atoms with Crippen LogP contribution in [0.15, 0.2) is 108 Å². The first-order valence-electron chi connectivity index (χ1n) is 16.1. The van der Waals surface area contributed by atoms with Gasteiger partial charge in [-0.2, -0.15) is 0 Å². The van der Waals surface area contributed by atoms with Crippen LogP contribution in [-0.2, 0) is 12.8 Å². The molecule has 226 valence electrons. The van der Waals surface area contributed by atoms with Crippen LogP contribution in [0.4, 0.5) is 0 Å². The zero-order valence-corrected chi connectivity index (χ0v) is 26.4. The molecule has 2 fully saturated rings. The van der Waals surface area contributed by atoms with Gasteiger partial charge in [-0.3, -0.25) is 0 Å². The summed E-state index contributed by atoms with van der Waals surface area (Å²) in [5.41, 5.74) is 11.6. The molecule has 4 heteroatoms. The maximum absolute atomic E-state index is 10.7. The Bertz CT molecular complexity index is 1430. The Morgan fingerprint density at radius 3 is 2.33 bits per heavy atom. The Balaban J connectivity index is 0.000000668. The van der Waals surface area contributed by atoms with Crippen molar-refractivity contribution in [1.29, 1.82) is 0 Å². The second-order valence-corrected chi connectivity index (χ2v) is 12.7. The molecule has 2 aromatic rings. The van der Waals surface area contributed by atoms with Crippen LogP contribution in [0.5, 0.6) is 5.75 Å². The fourth-order valence-corrected chi connectivity index (χ4v) is 6.68. The molecule has 2 aliphatic carbocycles. The van der Waals surface area contributed by atoms with E-state index < -0.39 is 0 Å². The molecule has 2 heterocycles. The largest absolute Gasteiger partial charge is 0.507 e. The number of hydrogen-bond acceptors (Lipinski definition) is 4. The quantitative estimate of drug-likeness (QED) is 0.270. The van der Waals surface area contributed by atoms with E-state index in [0.29, 0.717) is 17.7 Å². The molecule has 43 heavy (non-hydrogen) atoms. The molecule has 0 radical (unpaired) electrons. The highest BCUT2D eigenvalue weighted by Crippen LogP contribution is 2.36. The molecule has 6 rings (SSSR count). The Kier molecular flexibility index (Phi) is 9.77. The number of hydrogen-bond donors (Lipinski definition) is 4. The molecular weight excluding hydrogens is 526 g/mol. The van der Waals surface area contributed by atoms with E-state index in [0.717, 1.165) is 89.6 Å². The SMILES string of the molecule is C=C1NC(=C)/C(=C(\C=C(/C)c2c(C)cccc2O)C2CCCNC2)C=C1C(=C)NC1Cc2ccccc2C1.CCC1CC1. The van der Waals surface area contributed by atoms with Gasteiger partial charge in [-0.1, -0.05) is 88.4 Å². The summed E-state index contributed by atoms with van der Waals surface area (Å²) < 4.78 is 0. The zero-order valence-electron chi connectivity index (χ0n) is 26.4. The number of phenols is 1. The van der Waals surface area contributed by atoms with Crippen LogP contribution in [0.25, 0.3) is 5.57 Å². The van der Waals surface area contributed by atoms with Crippen molar-refractivity contribution < 1.29 is 5.11 Å². The lowest BCUT2D eigenvalue weighted by atomic mass is 9.83. The molecule has 0 aromatic heterocycles. The van der Waals surface area contributed by atoms with Crippen LogP contribution < -0.4 is 16.0 Å². The van der Waals surface area contributed by atoms with E-state index in [1.54, 1.807) is 6.07 Å². The summed E-state index contributed by atoms with van der Waals surface area (Å²) in [5, 5.41) is 21.4. The lowest BCUT2D eigenvalue weighted by molar-refractivity contribution is 0.426. The van der Waals surface area contributed by atoms with Crippen LogP contribution in [-0.4, -0.2) is 24.2 Å². The van der Waals surface area contributed by atoms with Crippen molar-refractivity contribution in [2.24, 2.45) is 11.8 Å². The van der Waals surface area contributed by atoms with E-state index in [1.165, 1.54) is 36.0 Å². The van der Waals surface area contributed by atoms with E-state index in [9.17, 15) is 5.11 Å². The predicted octanol–water partition coefficient (Wildman–Crippen LogP) is 8.03. The summed E-state index contributed by atoms with van der Waals surface area (Å²) in [4.78, 5) is 0. The van der Waals surface area contributed by atoms with Crippen LogP contribution in [0.1, 0.15) is 68.2 Å². The molecule has 2 aliphatic heterocycles. The molecular formula is C39H49N3O. The molecule has 4 N–H and O–H groups in total. The van der Waals surface area contributed by atoms with Gasteiger partial charge in [-0.05, 0) is 97.9 Å². The molecule has 1 unspecified atom stereocenters. The van der Waals surface area contributed by atoms with Gasteiger partial charge in [0.05, 0.1) is 0 Å². The van der Waals surface area contributed by atoms with E-state index in [1.807, 2.05) is 19.1 Å². The average Bonchev–Trinajstić information content (AvgIpc) is 3.75. The topological polar surface area (TPSA) is 56.3 Å². The van der Waals surface area contributed by atoms with Gasteiger partial charge in [0.15, 0.2) is 0 Å².